The van der Waals surface area contributed by atoms with E-state index in [4.69, 9.17) is 11.6 Å². The molecule has 0 bridgehead atoms. The molecule has 6 nitrogen and oxygen atoms in total. The summed E-state index contributed by atoms with van der Waals surface area (Å²) in [7, 11) is 0. The van der Waals surface area contributed by atoms with Crippen LogP contribution in [-0.4, -0.2) is 49.8 Å². The average Bonchev–Trinajstić information content (AvgIpc) is 3.27. The predicted molar refractivity (Wildman–Crippen MR) is 124 cm³/mol. The van der Waals surface area contributed by atoms with Crippen molar-refractivity contribution in [2.45, 2.75) is 52.2 Å². The summed E-state index contributed by atoms with van der Waals surface area (Å²) in [6.45, 7) is 11.0. The number of halogens is 1. The number of rotatable bonds is 7. The minimum Gasteiger partial charge on any atom is -0.394 e. The van der Waals surface area contributed by atoms with E-state index < -0.39 is 0 Å². The Morgan fingerprint density at radius 3 is 2.68 bits per heavy atom. The van der Waals surface area contributed by atoms with E-state index in [0.29, 0.717) is 12.5 Å². The molecule has 0 amide bonds. The lowest BCUT2D eigenvalue weighted by atomic mass is 9.90. The highest BCUT2D eigenvalue weighted by Gasteiger charge is 2.47. The summed E-state index contributed by atoms with van der Waals surface area (Å²) in [6.07, 6.45) is 2.84. The van der Waals surface area contributed by atoms with Gasteiger partial charge in [0.25, 0.3) is 0 Å². The molecule has 1 fully saturated rings. The molecule has 1 aliphatic rings. The molecule has 3 atom stereocenters. The van der Waals surface area contributed by atoms with E-state index in [2.05, 4.69) is 53.2 Å². The standard InChI is InChI=1S/C24H32ClN5O/c1-5-29-22(18-6-8-21(25)9-7-18)19(11-24(29,4)15-31)12-26-13-20-14-27-30-17(3)10-16(2)28-23(20)30/h6-10,14,19,22,26,31H,5,11-13,15H2,1-4H3/t19-,22+,24+/m1/s1. The quantitative estimate of drug-likeness (QED) is 0.581. The summed E-state index contributed by atoms with van der Waals surface area (Å²) in [6, 6.07) is 10.4. The van der Waals surface area contributed by atoms with Crippen molar-refractivity contribution in [1.29, 1.82) is 0 Å². The molecular weight excluding hydrogens is 410 g/mol. The highest BCUT2D eigenvalue weighted by atomic mass is 35.5. The van der Waals surface area contributed by atoms with Crippen LogP contribution in [0.25, 0.3) is 5.65 Å². The highest BCUT2D eigenvalue weighted by Crippen LogP contribution is 2.46. The van der Waals surface area contributed by atoms with Crippen LogP contribution in [0.4, 0.5) is 0 Å². The van der Waals surface area contributed by atoms with Crippen molar-refractivity contribution in [1.82, 2.24) is 24.8 Å². The number of aliphatic hydroxyl groups is 1. The Balaban J connectivity index is 1.54. The number of nitrogens with one attached hydrogen (secondary N) is 1. The molecule has 3 heterocycles. The van der Waals surface area contributed by atoms with Gasteiger partial charge < -0.3 is 10.4 Å². The van der Waals surface area contributed by atoms with E-state index in [1.165, 1.54) is 5.56 Å². The number of likely N-dealkylation sites (tertiary alicyclic amines) is 1. The fourth-order valence-electron chi connectivity index (χ4n) is 5.25. The van der Waals surface area contributed by atoms with Gasteiger partial charge in [0.1, 0.15) is 0 Å². The van der Waals surface area contributed by atoms with Gasteiger partial charge >= 0.3 is 0 Å². The Morgan fingerprint density at radius 2 is 2.00 bits per heavy atom. The summed E-state index contributed by atoms with van der Waals surface area (Å²) < 4.78 is 1.90. The largest absolute Gasteiger partial charge is 0.394 e. The van der Waals surface area contributed by atoms with E-state index >= 15 is 0 Å². The van der Waals surface area contributed by atoms with Crippen molar-refractivity contribution in [2.75, 3.05) is 19.7 Å². The van der Waals surface area contributed by atoms with Gasteiger partial charge in [0.2, 0.25) is 0 Å². The van der Waals surface area contributed by atoms with Gasteiger partial charge in [-0.15, -0.1) is 0 Å². The van der Waals surface area contributed by atoms with Crippen molar-refractivity contribution in [2.24, 2.45) is 5.92 Å². The lowest BCUT2D eigenvalue weighted by Crippen LogP contribution is -2.45. The Kier molecular flexibility index (Phi) is 6.35. The van der Waals surface area contributed by atoms with Crippen molar-refractivity contribution in [3.63, 3.8) is 0 Å². The molecule has 1 saturated heterocycles. The van der Waals surface area contributed by atoms with E-state index in [-0.39, 0.29) is 18.2 Å². The summed E-state index contributed by atoms with van der Waals surface area (Å²) in [5.74, 6) is 0.372. The van der Waals surface area contributed by atoms with Crippen LogP contribution in [0.1, 0.15) is 48.8 Å². The number of aromatic nitrogens is 3. The van der Waals surface area contributed by atoms with Gasteiger partial charge in [-0.25, -0.2) is 9.50 Å². The van der Waals surface area contributed by atoms with Crippen molar-refractivity contribution < 1.29 is 5.11 Å². The number of likely N-dealkylation sites (N-methyl/N-ethyl adjacent to an activating group) is 1. The molecule has 0 aliphatic carbocycles. The molecule has 0 spiro atoms. The van der Waals surface area contributed by atoms with Gasteiger partial charge in [-0.05, 0) is 63.4 Å². The number of fused-ring (bicyclic) bond motifs is 1. The predicted octanol–water partition coefficient (Wildman–Crippen LogP) is 3.92. The molecule has 2 N–H and O–H groups in total. The van der Waals surface area contributed by atoms with E-state index in [0.717, 1.165) is 47.1 Å². The van der Waals surface area contributed by atoms with Crippen LogP contribution in [0.2, 0.25) is 5.02 Å². The van der Waals surface area contributed by atoms with Crippen LogP contribution < -0.4 is 5.32 Å². The van der Waals surface area contributed by atoms with E-state index in [1.54, 1.807) is 0 Å². The zero-order valence-electron chi connectivity index (χ0n) is 18.8. The van der Waals surface area contributed by atoms with E-state index in [1.807, 2.05) is 35.8 Å². The molecule has 3 aromatic rings. The minimum absolute atomic E-state index is 0.151. The lowest BCUT2D eigenvalue weighted by molar-refractivity contribution is 0.0579. The van der Waals surface area contributed by atoms with Crippen LogP contribution in [0.15, 0.2) is 36.5 Å². The van der Waals surface area contributed by atoms with Gasteiger partial charge in [-0.3, -0.25) is 4.90 Å². The lowest BCUT2D eigenvalue weighted by Gasteiger charge is -2.37. The maximum absolute atomic E-state index is 10.2. The SMILES string of the molecule is CCN1[C@@H](c2ccc(Cl)cc2)[C@@H](CNCc2cnn3c(C)cc(C)nc23)C[C@@]1(C)CO. The van der Waals surface area contributed by atoms with Crippen LogP contribution in [0, 0.1) is 19.8 Å². The third-order valence-corrected chi connectivity index (χ3v) is 6.90. The third kappa shape index (κ3) is 4.22. The summed E-state index contributed by atoms with van der Waals surface area (Å²) in [4.78, 5) is 7.12. The molecule has 0 saturated carbocycles. The molecule has 166 valence electrons. The average molecular weight is 442 g/mol. The van der Waals surface area contributed by atoms with Crippen molar-refractivity contribution in [3.8, 4) is 0 Å². The molecule has 0 radical (unpaired) electrons. The molecule has 1 aromatic carbocycles. The number of aliphatic hydroxyl groups excluding tert-OH is 1. The molecule has 1 aliphatic heterocycles. The maximum atomic E-state index is 10.2. The van der Waals surface area contributed by atoms with Crippen molar-refractivity contribution in [3.05, 3.63) is 64.1 Å². The Labute approximate surface area is 189 Å². The molecule has 7 heteroatoms. The number of aryl methyl sites for hydroxylation is 2. The minimum atomic E-state index is -0.231. The molecule has 4 rings (SSSR count). The number of hydrogen-bond donors (Lipinski definition) is 2. The van der Waals surface area contributed by atoms with E-state index in [9.17, 15) is 5.11 Å². The number of hydrogen-bond acceptors (Lipinski definition) is 5. The fourth-order valence-corrected chi connectivity index (χ4v) is 5.37. The first kappa shape index (κ1) is 22.2. The summed E-state index contributed by atoms with van der Waals surface area (Å²) >= 11 is 6.14. The van der Waals surface area contributed by atoms with Crippen molar-refractivity contribution >= 4 is 17.2 Å². The Morgan fingerprint density at radius 1 is 1.26 bits per heavy atom. The topological polar surface area (TPSA) is 65.7 Å². The van der Waals surface area contributed by atoms with Crippen LogP contribution >= 0.6 is 11.6 Å². The van der Waals surface area contributed by atoms with Crippen LogP contribution in [-0.2, 0) is 6.54 Å². The Bertz CT molecular complexity index is 1050. The van der Waals surface area contributed by atoms with Gasteiger partial charge in [0, 0.05) is 46.6 Å². The third-order valence-electron chi connectivity index (χ3n) is 6.64. The molecular formula is C24H32ClN5O. The summed E-state index contributed by atoms with van der Waals surface area (Å²) in [5, 5.41) is 19.1. The second-order valence-corrected chi connectivity index (χ2v) is 9.41. The Hall–Kier alpha value is -1.99. The van der Waals surface area contributed by atoms with Gasteiger partial charge in [-0.1, -0.05) is 30.7 Å². The first-order chi connectivity index (χ1) is 14.9. The maximum Gasteiger partial charge on any atom is 0.159 e. The van der Waals surface area contributed by atoms with Crippen LogP contribution in [0.5, 0.6) is 0 Å². The molecule has 2 aromatic heterocycles. The zero-order valence-corrected chi connectivity index (χ0v) is 19.5. The summed E-state index contributed by atoms with van der Waals surface area (Å²) in [5.41, 5.74) is 5.13. The normalized spacial score (nSPS) is 24.3. The molecule has 31 heavy (non-hydrogen) atoms. The first-order valence-corrected chi connectivity index (χ1v) is 11.4. The van der Waals surface area contributed by atoms with Crippen LogP contribution in [0.3, 0.4) is 0 Å². The molecule has 0 unspecified atom stereocenters. The first-order valence-electron chi connectivity index (χ1n) is 11.0. The fraction of sp³-hybridized carbons (Fsp3) is 0.500. The second-order valence-electron chi connectivity index (χ2n) is 8.98. The van der Waals surface area contributed by atoms with Gasteiger partial charge in [-0.2, -0.15) is 5.10 Å². The smallest absolute Gasteiger partial charge is 0.159 e. The van der Waals surface area contributed by atoms with Gasteiger partial charge in [0.15, 0.2) is 5.65 Å². The highest BCUT2D eigenvalue weighted by molar-refractivity contribution is 6.30. The van der Waals surface area contributed by atoms with Gasteiger partial charge in [0.05, 0.1) is 12.8 Å². The second kappa shape index (κ2) is 8.87. The number of benzene rings is 1. The zero-order chi connectivity index (χ0) is 22.2. The number of nitrogens with zero attached hydrogens (tertiary/aromatic N) is 4. The monoisotopic (exact) mass is 441 g/mol.